The first kappa shape index (κ1) is 30.1. The van der Waals surface area contributed by atoms with Crippen molar-refractivity contribution in [2.24, 2.45) is 17.6 Å². The van der Waals surface area contributed by atoms with E-state index in [0.717, 1.165) is 0 Å². The summed E-state index contributed by atoms with van der Waals surface area (Å²) in [5, 5.41) is 26.9. The molecule has 0 saturated heterocycles. The number of nitrogens with two attached hydrogens (primary N) is 1. The highest BCUT2D eigenvalue weighted by atomic mass is 32.2. The standard InChI is InChI=1S/C21H40N4O6S/c1-7-12(4)16(22)19(28)23-14(8-9-32-6)18(27)25-17(13(5)26)20(29)24-15(21(30)31)10-11(2)3/h11-17,26H,7-10,22H2,1-6H3,(H,23,28)(H,24,29)(H,25,27)(H,30,31). The van der Waals surface area contributed by atoms with Crippen LogP contribution in [0.25, 0.3) is 0 Å². The number of nitrogens with one attached hydrogen (secondary N) is 3. The first-order chi connectivity index (χ1) is 14.8. The van der Waals surface area contributed by atoms with Gasteiger partial charge in [0.2, 0.25) is 17.7 Å². The largest absolute Gasteiger partial charge is 0.480 e. The van der Waals surface area contributed by atoms with Crippen molar-refractivity contribution < 1.29 is 29.4 Å². The van der Waals surface area contributed by atoms with Crippen molar-refractivity contribution in [1.29, 1.82) is 0 Å². The minimum atomic E-state index is -1.38. The van der Waals surface area contributed by atoms with Gasteiger partial charge in [0, 0.05) is 0 Å². The predicted octanol–water partition coefficient (Wildman–Crippen LogP) is 0.0788. The van der Waals surface area contributed by atoms with Crippen molar-refractivity contribution in [2.45, 2.75) is 84.2 Å². The first-order valence-corrected chi connectivity index (χ1v) is 12.3. The summed E-state index contributed by atoms with van der Waals surface area (Å²) in [4.78, 5) is 49.5. The van der Waals surface area contributed by atoms with Crippen LogP contribution in [-0.2, 0) is 19.2 Å². The highest BCUT2D eigenvalue weighted by molar-refractivity contribution is 7.98. The van der Waals surface area contributed by atoms with E-state index in [1.54, 1.807) is 0 Å². The lowest BCUT2D eigenvalue weighted by Gasteiger charge is -2.27. The van der Waals surface area contributed by atoms with E-state index in [1.165, 1.54) is 18.7 Å². The minimum absolute atomic E-state index is 0.0110. The second-order valence-corrected chi connectivity index (χ2v) is 9.50. The fraction of sp³-hybridized carbons (Fsp3) is 0.810. The van der Waals surface area contributed by atoms with Crippen molar-refractivity contribution in [1.82, 2.24) is 16.0 Å². The van der Waals surface area contributed by atoms with Crippen molar-refractivity contribution in [3.05, 3.63) is 0 Å². The van der Waals surface area contributed by atoms with Crippen molar-refractivity contribution in [3.8, 4) is 0 Å². The number of carboxylic acid groups (broad SMARTS) is 1. The van der Waals surface area contributed by atoms with Gasteiger partial charge < -0.3 is 31.9 Å². The number of aliphatic hydroxyl groups is 1. The molecule has 7 N–H and O–H groups in total. The summed E-state index contributed by atoms with van der Waals surface area (Å²) in [6.07, 6.45) is 1.76. The molecule has 32 heavy (non-hydrogen) atoms. The molecule has 3 amide bonds. The number of amides is 3. The smallest absolute Gasteiger partial charge is 0.326 e. The van der Waals surface area contributed by atoms with E-state index in [4.69, 9.17) is 5.73 Å². The Bertz CT molecular complexity index is 631. The molecule has 0 aliphatic heterocycles. The van der Waals surface area contributed by atoms with Crippen LogP contribution in [0.15, 0.2) is 0 Å². The molecule has 0 bridgehead atoms. The third-order valence-corrected chi connectivity index (χ3v) is 5.83. The topological polar surface area (TPSA) is 171 Å². The third-order valence-electron chi connectivity index (χ3n) is 5.19. The number of aliphatic carboxylic acids is 1. The normalized spacial score (nSPS) is 16.9. The highest BCUT2D eigenvalue weighted by Crippen LogP contribution is 2.09. The Morgan fingerprint density at radius 1 is 0.938 bits per heavy atom. The Labute approximate surface area is 194 Å². The summed E-state index contributed by atoms with van der Waals surface area (Å²) in [6.45, 7) is 8.70. The van der Waals surface area contributed by atoms with Crippen molar-refractivity contribution in [2.75, 3.05) is 12.0 Å². The summed E-state index contributed by atoms with van der Waals surface area (Å²) in [6, 6.07) is -4.27. The second kappa shape index (κ2) is 15.1. The van der Waals surface area contributed by atoms with Gasteiger partial charge in [-0.05, 0) is 43.6 Å². The molecule has 0 aliphatic carbocycles. The van der Waals surface area contributed by atoms with Gasteiger partial charge in [-0.3, -0.25) is 14.4 Å². The maximum atomic E-state index is 12.9. The Kier molecular flexibility index (Phi) is 14.2. The van der Waals surface area contributed by atoms with E-state index in [9.17, 15) is 29.4 Å². The van der Waals surface area contributed by atoms with E-state index < -0.39 is 54.0 Å². The molecule has 0 aromatic rings. The molecule has 0 aromatic heterocycles. The summed E-state index contributed by atoms with van der Waals surface area (Å²) in [7, 11) is 0. The van der Waals surface area contributed by atoms with E-state index in [2.05, 4.69) is 16.0 Å². The van der Waals surface area contributed by atoms with Crippen LogP contribution < -0.4 is 21.7 Å². The molecular weight excluding hydrogens is 436 g/mol. The molecule has 0 aliphatic rings. The fourth-order valence-corrected chi connectivity index (χ4v) is 3.37. The Hall–Kier alpha value is -1.85. The molecule has 0 heterocycles. The van der Waals surface area contributed by atoms with E-state index in [1.807, 2.05) is 34.0 Å². The van der Waals surface area contributed by atoms with Crippen LogP contribution >= 0.6 is 11.8 Å². The fourth-order valence-electron chi connectivity index (χ4n) is 2.90. The van der Waals surface area contributed by atoms with E-state index in [0.29, 0.717) is 18.6 Å². The number of carbonyl (C=O) groups is 4. The molecule has 0 radical (unpaired) electrons. The zero-order valence-electron chi connectivity index (χ0n) is 19.9. The van der Waals surface area contributed by atoms with Gasteiger partial charge in [-0.1, -0.05) is 34.1 Å². The van der Waals surface area contributed by atoms with Crippen molar-refractivity contribution in [3.63, 3.8) is 0 Å². The van der Waals surface area contributed by atoms with Gasteiger partial charge in [0.15, 0.2) is 0 Å². The minimum Gasteiger partial charge on any atom is -0.480 e. The van der Waals surface area contributed by atoms with Gasteiger partial charge in [-0.15, -0.1) is 0 Å². The van der Waals surface area contributed by atoms with Crippen LogP contribution in [0.3, 0.4) is 0 Å². The quantitative estimate of drug-likeness (QED) is 0.193. The average molecular weight is 477 g/mol. The lowest BCUT2D eigenvalue weighted by Crippen LogP contribution is -2.60. The lowest BCUT2D eigenvalue weighted by atomic mass is 9.99. The highest BCUT2D eigenvalue weighted by Gasteiger charge is 2.33. The monoisotopic (exact) mass is 476 g/mol. The van der Waals surface area contributed by atoms with Gasteiger partial charge in [-0.2, -0.15) is 11.8 Å². The summed E-state index contributed by atoms with van der Waals surface area (Å²) in [5.41, 5.74) is 5.96. The molecule has 0 aromatic carbocycles. The molecule has 6 atom stereocenters. The Balaban J connectivity index is 5.41. The summed E-state index contributed by atoms with van der Waals surface area (Å²) >= 11 is 1.49. The zero-order chi connectivity index (χ0) is 25.0. The van der Waals surface area contributed by atoms with E-state index >= 15 is 0 Å². The van der Waals surface area contributed by atoms with Crippen LogP contribution in [0.4, 0.5) is 0 Å². The second-order valence-electron chi connectivity index (χ2n) is 8.51. The molecule has 0 spiro atoms. The molecule has 11 heteroatoms. The Morgan fingerprint density at radius 2 is 1.50 bits per heavy atom. The molecule has 10 nitrogen and oxygen atoms in total. The lowest BCUT2D eigenvalue weighted by molar-refractivity contribution is -0.143. The molecule has 186 valence electrons. The molecular formula is C21H40N4O6S. The van der Waals surface area contributed by atoms with Crippen LogP contribution in [0.2, 0.25) is 0 Å². The van der Waals surface area contributed by atoms with Crippen LogP contribution in [0.1, 0.15) is 53.9 Å². The number of carbonyl (C=O) groups excluding carboxylic acids is 3. The Morgan fingerprint density at radius 3 is 1.94 bits per heavy atom. The van der Waals surface area contributed by atoms with Gasteiger partial charge >= 0.3 is 5.97 Å². The SMILES string of the molecule is CCC(C)C(N)C(=O)NC(CCSC)C(=O)NC(C(=O)NC(CC(C)C)C(=O)O)C(C)O. The number of thioether (sulfide) groups is 1. The third kappa shape index (κ3) is 10.6. The van der Waals surface area contributed by atoms with Crippen LogP contribution in [-0.4, -0.2) is 76.2 Å². The maximum absolute atomic E-state index is 12.9. The average Bonchev–Trinajstić information content (AvgIpc) is 2.71. The predicted molar refractivity (Wildman–Crippen MR) is 125 cm³/mol. The van der Waals surface area contributed by atoms with Gasteiger partial charge in [-0.25, -0.2) is 4.79 Å². The molecule has 0 fully saturated rings. The van der Waals surface area contributed by atoms with Gasteiger partial charge in [0.1, 0.15) is 18.1 Å². The number of aliphatic hydroxyl groups excluding tert-OH is 1. The van der Waals surface area contributed by atoms with Gasteiger partial charge in [0.25, 0.3) is 0 Å². The molecule has 6 unspecified atom stereocenters. The maximum Gasteiger partial charge on any atom is 0.326 e. The number of rotatable bonds is 15. The molecule has 0 saturated carbocycles. The van der Waals surface area contributed by atoms with Crippen molar-refractivity contribution >= 4 is 35.5 Å². The zero-order valence-corrected chi connectivity index (χ0v) is 20.7. The number of carboxylic acids is 1. The molecule has 0 rings (SSSR count). The van der Waals surface area contributed by atoms with Crippen LogP contribution in [0, 0.1) is 11.8 Å². The summed E-state index contributed by atoms with van der Waals surface area (Å²) in [5.74, 6) is -2.64. The van der Waals surface area contributed by atoms with Crippen LogP contribution in [0.5, 0.6) is 0 Å². The van der Waals surface area contributed by atoms with Gasteiger partial charge in [0.05, 0.1) is 12.1 Å². The summed E-state index contributed by atoms with van der Waals surface area (Å²) < 4.78 is 0. The van der Waals surface area contributed by atoms with E-state index in [-0.39, 0.29) is 18.3 Å². The number of hydrogen-bond donors (Lipinski definition) is 6. The number of hydrogen-bond acceptors (Lipinski definition) is 7. The first-order valence-electron chi connectivity index (χ1n) is 10.9.